The van der Waals surface area contributed by atoms with E-state index >= 15 is 0 Å². The van der Waals surface area contributed by atoms with E-state index in [1.165, 1.54) is 31.5 Å². The molecule has 28 heavy (non-hydrogen) atoms. The number of carbonyl (C=O) groups excluding carboxylic acids is 1. The number of piperazine rings is 1. The van der Waals surface area contributed by atoms with Crippen molar-refractivity contribution in [1.29, 1.82) is 0 Å². The lowest BCUT2D eigenvalue weighted by Gasteiger charge is -2.51. The first-order chi connectivity index (χ1) is 13.8. The third-order valence-electron chi connectivity index (χ3n) is 6.96. The van der Waals surface area contributed by atoms with E-state index < -0.39 is 0 Å². The van der Waals surface area contributed by atoms with Crippen LogP contribution < -0.4 is 5.32 Å². The summed E-state index contributed by atoms with van der Waals surface area (Å²) in [7, 11) is 0. The first-order valence-electron chi connectivity index (χ1n) is 11.3. The Kier molecular flexibility index (Phi) is 6.04. The average Bonchev–Trinajstić information content (AvgIpc) is 3.56. The molecule has 0 aromatic heterocycles. The number of amides is 1. The van der Waals surface area contributed by atoms with Crippen LogP contribution in [0.25, 0.3) is 0 Å². The Balaban J connectivity index is 0.000000932. The van der Waals surface area contributed by atoms with Gasteiger partial charge in [-0.05, 0) is 50.4 Å². The number of nitrogens with one attached hydrogen (secondary N) is 1. The predicted molar refractivity (Wildman–Crippen MR) is 114 cm³/mol. The Morgan fingerprint density at radius 1 is 1.04 bits per heavy atom. The number of hydrogen-bond donors (Lipinski definition) is 1. The highest BCUT2D eigenvalue weighted by molar-refractivity contribution is 5.98. The molecule has 0 radical (unpaired) electrons. The van der Waals surface area contributed by atoms with E-state index in [2.05, 4.69) is 26.1 Å². The molecule has 2 saturated heterocycles. The van der Waals surface area contributed by atoms with Crippen molar-refractivity contribution in [3.05, 3.63) is 35.4 Å². The topological polar surface area (TPSA) is 38.8 Å². The Bertz CT molecular complexity index is 673. The summed E-state index contributed by atoms with van der Waals surface area (Å²) in [5, 5.41) is 3.53. The monoisotopic (exact) mass is 384 g/mol. The summed E-state index contributed by atoms with van der Waals surface area (Å²) >= 11 is 0. The van der Waals surface area contributed by atoms with Gasteiger partial charge in [-0.1, -0.05) is 32.0 Å². The minimum Gasteiger partial charge on any atom is -0.332 e. The zero-order chi connectivity index (χ0) is 19.6. The third kappa shape index (κ3) is 3.85. The van der Waals surface area contributed by atoms with Crippen molar-refractivity contribution in [2.24, 2.45) is 0 Å². The summed E-state index contributed by atoms with van der Waals surface area (Å²) in [4.78, 5) is 20.5. The van der Waals surface area contributed by atoms with Crippen LogP contribution in [0.4, 0.5) is 0 Å². The molecule has 0 atom stereocenters. The van der Waals surface area contributed by atoms with Gasteiger partial charge in [-0.15, -0.1) is 0 Å². The number of piperidine rings is 1. The molecule has 1 aromatic carbocycles. The van der Waals surface area contributed by atoms with Gasteiger partial charge in [0.15, 0.2) is 0 Å². The van der Waals surface area contributed by atoms with Crippen LogP contribution in [0.3, 0.4) is 0 Å². The number of hydrogen-bond acceptors (Lipinski definition) is 4. The molecule has 4 aliphatic rings. The zero-order valence-electron chi connectivity index (χ0n) is 17.6. The Hall–Kier alpha value is -1.43. The SMILES string of the molecule is CC.O=C1c2ccccc2CN1CC1(N2CCN(C3CC3)CC2)CCNCC1. The van der Waals surface area contributed by atoms with Crippen LogP contribution in [0.5, 0.6) is 0 Å². The normalized spacial score (nSPS) is 25.2. The minimum absolute atomic E-state index is 0.151. The van der Waals surface area contributed by atoms with Crippen molar-refractivity contribution in [3.63, 3.8) is 0 Å². The highest BCUT2D eigenvalue weighted by Gasteiger charge is 2.44. The van der Waals surface area contributed by atoms with Crippen LogP contribution in [-0.2, 0) is 6.54 Å². The molecular weight excluding hydrogens is 348 g/mol. The number of nitrogens with zero attached hydrogens (tertiary/aromatic N) is 3. The molecule has 0 unspecified atom stereocenters. The number of fused-ring (bicyclic) bond motifs is 1. The highest BCUT2D eigenvalue weighted by Crippen LogP contribution is 2.34. The van der Waals surface area contributed by atoms with Gasteiger partial charge in [-0.3, -0.25) is 14.6 Å². The maximum atomic E-state index is 12.9. The van der Waals surface area contributed by atoms with Gasteiger partial charge in [0, 0.05) is 56.4 Å². The van der Waals surface area contributed by atoms with E-state index in [0.29, 0.717) is 0 Å². The summed E-state index contributed by atoms with van der Waals surface area (Å²) in [5.74, 6) is 0.232. The van der Waals surface area contributed by atoms with Crippen LogP contribution in [0, 0.1) is 0 Å². The van der Waals surface area contributed by atoms with Crippen LogP contribution in [0.15, 0.2) is 24.3 Å². The van der Waals surface area contributed by atoms with Gasteiger partial charge in [-0.25, -0.2) is 0 Å². The molecule has 3 heterocycles. The van der Waals surface area contributed by atoms with Crippen molar-refractivity contribution < 1.29 is 4.79 Å². The van der Waals surface area contributed by atoms with Crippen LogP contribution in [0.2, 0.25) is 0 Å². The van der Waals surface area contributed by atoms with Crippen LogP contribution in [-0.4, -0.2) is 78.0 Å². The molecule has 5 heteroatoms. The smallest absolute Gasteiger partial charge is 0.254 e. The molecule has 1 aliphatic carbocycles. The van der Waals surface area contributed by atoms with E-state index in [4.69, 9.17) is 0 Å². The lowest BCUT2D eigenvalue weighted by molar-refractivity contribution is -0.00988. The van der Waals surface area contributed by atoms with Crippen LogP contribution >= 0.6 is 0 Å². The zero-order valence-corrected chi connectivity index (χ0v) is 17.6. The highest BCUT2D eigenvalue weighted by atomic mass is 16.2. The lowest BCUT2D eigenvalue weighted by atomic mass is 9.85. The summed E-state index contributed by atoms with van der Waals surface area (Å²) < 4.78 is 0. The second-order valence-electron chi connectivity index (χ2n) is 8.55. The molecule has 3 aliphatic heterocycles. The molecular formula is C23H36N4O. The third-order valence-corrected chi connectivity index (χ3v) is 6.96. The van der Waals surface area contributed by atoms with Gasteiger partial charge in [-0.2, -0.15) is 0 Å². The van der Waals surface area contributed by atoms with Gasteiger partial charge < -0.3 is 10.2 Å². The fourth-order valence-corrected chi connectivity index (χ4v) is 5.27. The first-order valence-corrected chi connectivity index (χ1v) is 11.3. The Morgan fingerprint density at radius 2 is 1.71 bits per heavy atom. The van der Waals surface area contributed by atoms with E-state index in [1.54, 1.807) is 0 Å². The van der Waals surface area contributed by atoms with Crippen molar-refractivity contribution in [1.82, 2.24) is 20.0 Å². The quantitative estimate of drug-likeness (QED) is 0.866. The van der Waals surface area contributed by atoms with Crippen molar-refractivity contribution >= 4 is 5.91 Å². The van der Waals surface area contributed by atoms with Crippen molar-refractivity contribution in [2.45, 2.75) is 57.7 Å². The maximum Gasteiger partial charge on any atom is 0.254 e. The standard InChI is InChI=1S/C21H30N4O.C2H6/c26-20-19-4-2-1-3-17(19)15-24(20)16-21(7-9-22-10-8-21)25-13-11-23(12-14-25)18-5-6-18;1-2/h1-4,18,22H,5-16H2;1-2H3. The number of rotatable bonds is 4. The fourth-order valence-electron chi connectivity index (χ4n) is 5.27. The lowest BCUT2D eigenvalue weighted by Crippen LogP contribution is -2.64. The summed E-state index contributed by atoms with van der Waals surface area (Å²) in [6.45, 7) is 12.5. The number of benzene rings is 1. The van der Waals surface area contributed by atoms with Gasteiger partial charge in [0.1, 0.15) is 0 Å². The maximum absolute atomic E-state index is 12.9. The Morgan fingerprint density at radius 3 is 2.36 bits per heavy atom. The number of carbonyl (C=O) groups is 1. The predicted octanol–water partition coefficient (Wildman–Crippen LogP) is 2.57. The van der Waals surface area contributed by atoms with Gasteiger partial charge in [0.25, 0.3) is 5.91 Å². The van der Waals surface area contributed by atoms with Crippen LogP contribution in [0.1, 0.15) is 55.5 Å². The first kappa shape index (κ1) is 19.9. The van der Waals surface area contributed by atoms with E-state index in [9.17, 15) is 4.79 Å². The van der Waals surface area contributed by atoms with E-state index in [1.807, 2.05) is 32.0 Å². The molecule has 154 valence electrons. The largest absolute Gasteiger partial charge is 0.332 e. The van der Waals surface area contributed by atoms with E-state index in [0.717, 1.165) is 63.7 Å². The molecule has 0 bridgehead atoms. The molecule has 1 saturated carbocycles. The second-order valence-corrected chi connectivity index (χ2v) is 8.55. The molecule has 5 rings (SSSR count). The minimum atomic E-state index is 0.151. The van der Waals surface area contributed by atoms with Gasteiger partial charge >= 0.3 is 0 Å². The molecule has 0 spiro atoms. The fraction of sp³-hybridized carbons (Fsp3) is 0.696. The second kappa shape index (κ2) is 8.52. The molecule has 3 fully saturated rings. The molecule has 5 nitrogen and oxygen atoms in total. The Labute approximate surface area is 170 Å². The average molecular weight is 385 g/mol. The molecule has 1 aromatic rings. The molecule has 1 N–H and O–H groups in total. The van der Waals surface area contributed by atoms with Crippen molar-refractivity contribution in [3.8, 4) is 0 Å². The van der Waals surface area contributed by atoms with Crippen molar-refractivity contribution in [2.75, 3.05) is 45.8 Å². The summed E-state index contributed by atoms with van der Waals surface area (Å²) in [6.07, 6.45) is 5.10. The summed E-state index contributed by atoms with van der Waals surface area (Å²) in [5.41, 5.74) is 2.26. The summed E-state index contributed by atoms with van der Waals surface area (Å²) in [6, 6.07) is 9.00. The van der Waals surface area contributed by atoms with Gasteiger partial charge in [0.05, 0.1) is 0 Å². The van der Waals surface area contributed by atoms with Gasteiger partial charge in [0.2, 0.25) is 0 Å². The molecule has 1 amide bonds. The van der Waals surface area contributed by atoms with E-state index in [-0.39, 0.29) is 11.4 Å².